The number of nitrogens with one attached hydrogen (secondary N) is 1. The molecule has 0 radical (unpaired) electrons. The number of primary sulfonamides is 3. The summed E-state index contributed by atoms with van der Waals surface area (Å²) in [6.45, 7) is 7.04. The highest BCUT2D eigenvalue weighted by atomic mass is 79.9. The van der Waals surface area contributed by atoms with Crippen molar-refractivity contribution in [3.63, 3.8) is 0 Å². The number of aliphatic hydroxyl groups is 1. The SMILES string of the molecule is CC(C)(O)c1cnc(S(N)(=O)=O)s1.CC(C)c1cnc(S(N)(=O)=O)s1.COC(=O)c1c[nH]c(=S)s1.COC(=O)c1cnc(Br)s1.COC(=O)c1cnc(S(=O)(=O)Cl)s1.COC(=O)c1cnc(S(N)(=O)=O)s1. The van der Waals surface area contributed by atoms with Gasteiger partial charge in [-0.3, -0.25) is 0 Å². The highest BCUT2D eigenvalue weighted by Gasteiger charge is 2.23. The molecule has 0 unspecified atom stereocenters. The van der Waals surface area contributed by atoms with Gasteiger partial charge in [0.05, 0.1) is 57.5 Å². The number of carbonyl (C=O) groups is 4. The van der Waals surface area contributed by atoms with Gasteiger partial charge in [-0.1, -0.05) is 47.9 Å². The van der Waals surface area contributed by atoms with Crippen molar-refractivity contribution in [2.24, 2.45) is 15.4 Å². The summed E-state index contributed by atoms with van der Waals surface area (Å²) in [4.78, 5) is 66.6. The van der Waals surface area contributed by atoms with Gasteiger partial charge in [0, 0.05) is 34.2 Å². The molecular formula is C32H39BrClN9O17S11. The fourth-order valence-corrected chi connectivity index (χ4v) is 12.0. The minimum Gasteiger partial charge on any atom is -0.465 e. The smallest absolute Gasteiger partial charge is 0.349 e. The third-order valence-electron chi connectivity index (χ3n) is 6.61. The molecule has 39 heteroatoms. The van der Waals surface area contributed by atoms with Gasteiger partial charge in [-0.25, -0.2) is 93.2 Å². The van der Waals surface area contributed by atoms with Gasteiger partial charge in [-0.15, -0.1) is 34.0 Å². The van der Waals surface area contributed by atoms with E-state index in [2.05, 4.69) is 64.8 Å². The van der Waals surface area contributed by atoms with Crippen LogP contribution in [0.2, 0.25) is 0 Å². The number of esters is 4. The quantitative estimate of drug-likeness (QED) is 0.0539. The molecule has 6 heterocycles. The summed E-state index contributed by atoms with van der Waals surface area (Å²) in [5.41, 5.74) is -1.08. The zero-order chi connectivity index (χ0) is 54.9. The van der Waals surface area contributed by atoms with E-state index in [4.69, 9.17) is 38.3 Å². The lowest BCUT2D eigenvalue weighted by atomic mass is 10.1. The number of thiazole rings is 6. The van der Waals surface area contributed by atoms with E-state index in [1.165, 1.54) is 63.5 Å². The number of H-pyrrole nitrogens is 1. The van der Waals surface area contributed by atoms with Crippen molar-refractivity contribution in [3.8, 4) is 0 Å². The number of sulfonamides is 3. The van der Waals surface area contributed by atoms with E-state index < -0.39 is 56.7 Å². The van der Waals surface area contributed by atoms with Crippen molar-refractivity contribution in [2.45, 2.75) is 56.6 Å². The van der Waals surface area contributed by atoms with E-state index in [0.717, 1.165) is 39.9 Å². The second-order valence-electron chi connectivity index (χ2n) is 12.8. The molecule has 0 bridgehead atoms. The summed E-state index contributed by atoms with van der Waals surface area (Å²) in [5.74, 6) is -1.67. The number of halogens is 2. The van der Waals surface area contributed by atoms with Crippen LogP contribution in [0.15, 0.2) is 58.5 Å². The van der Waals surface area contributed by atoms with Gasteiger partial charge < -0.3 is 29.0 Å². The molecule has 0 amide bonds. The lowest BCUT2D eigenvalue weighted by Gasteiger charge is -2.12. The Morgan fingerprint density at radius 3 is 1.27 bits per heavy atom. The maximum Gasteiger partial charge on any atom is 0.349 e. The Morgan fingerprint density at radius 1 is 0.620 bits per heavy atom. The van der Waals surface area contributed by atoms with E-state index in [1.807, 2.05) is 13.8 Å². The van der Waals surface area contributed by atoms with Gasteiger partial charge in [0.2, 0.25) is 17.4 Å². The Bertz CT molecular complexity index is 3180. The summed E-state index contributed by atoms with van der Waals surface area (Å²) in [6, 6.07) is 0. The lowest BCUT2D eigenvalue weighted by Crippen LogP contribution is -2.13. The minimum absolute atomic E-state index is 0.00815. The topological polar surface area (TPSA) is 420 Å². The second kappa shape index (κ2) is 28.7. The first-order valence-electron chi connectivity index (χ1n) is 17.7. The number of nitrogens with two attached hydrogens (primary N) is 3. The Morgan fingerprint density at radius 2 is 0.986 bits per heavy atom. The third-order valence-corrected chi connectivity index (χ3v) is 19.7. The summed E-state index contributed by atoms with van der Waals surface area (Å²) in [7, 11) is -4.98. The van der Waals surface area contributed by atoms with Gasteiger partial charge in [0.25, 0.3) is 39.1 Å². The Balaban J connectivity index is 0.000000427. The van der Waals surface area contributed by atoms with E-state index in [1.54, 1.807) is 26.2 Å². The molecule has 6 aromatic rings. The normalized spacial score (nSPS) is 11.3. The highest BCUT2D eigenvalue weighted by molar-refractivity contribution is 9.11. The standard InChI is InChI=1S/C6H10N2O3S2.C6H10N2O2S2.C5H4BrNO2S.C5H4ClNO4S2.C5H6N2O4S2.C5H5NO2S2/c1-6(2,9)4-3-8-5(12-4)13(7,10)11;1-4(2)5-3-8-6(11-5)12(7,9)10;1-9-4(8)3-2-7-5(6)10-3;2*1-11-4(8)3-2-7-5(12-3)13(6,9)10;1-8-4(7)3-2-6-5(9)10-3/h3,9H,1-2H3,(H2,7,10,11);3-4H,1-2H3,(H2,7,9,10);2H,1H3;2H,1H3;2H,1H3,(H2,6,9,10);2H,1H3,(H,6,9). The largest absolute Gasteiger partial charge is 0.465 e. The number of hydrogen-bond donors (Lipinski definition) is 5. The number of aromatic nitrogens is 6. The molecule has 6 rings (SSSR count). The van der Waals surface area contributed by atoms with Crippen molar-refractivity contribution in [1.82, 2.24) is 29.9 Å². The number of methoxy groups -OCH3 is 4. The molecule has 6 aromatic heterocycles. The van der Waals surface area contributed by atoms with Crippen molar-refractivity contribution in [2.75, 3.05) is 28.4 Å². The monoisotopic (exact) mass is 1290 g/mol. The predicted molar refractivity (Wildman–Crippen MR) is 270 cm³/mol. The number of rotatable bonds is 10. The molecule has 0 aliphatic carbocycles. The molecule has 0 saturated heterocycles. The van der Waals surface area contributed by atoms with Crippen LogP contribution in [-0.4, -0.2) is 121 Å². The first-order valence-corrected chi connectivity index (χ1v) is 30.8. The molecule has 0 fully saturated rings. The van der Waals surface area contributed by atoms with Crippen molar-refractivity contribution in [1.29, 1.82) is 0 Å². The van der Waals surface area contributed by atoms with E-state index >= 15 is 0 Å². The highest BCUT2D eigenvalue weighted by Crippen LogP contribution is 2.28. The van der Waals surface area contributed by atoms with Gasteiger partial charge in [0.15, 0.2) is 7.87 Å². The van der Waals surface area contributed by atoms with Crippen LogP contribution in [0, 0.1) is 3.95 Å². The molecule has 0 aliphatic heterocycles. The van der Waals surface area contributed by atoms with Gasteiger partial charge in [-0.05, 0) is 47.9 Å². The molecule has 394 valence electrons. The number of carbonyl (C=O) groups excluding carboxylic acids is 4. The van der Waals surface area contributed by atoms with Crippen LogP contribution in [0.25, 0.3) is 0 Å². The van der Waals surface area contributed by atoms with Crippen LogP contribution >= 0.6 is 107 Å². The van der Waals surface area contributed by atoms with Crippen molar-refractivity contribution >= 4 is 170 Å². The van der Waals surface area contributed by atoms with Crippen LogP contribution in [-0.2, 0) is 63.7 Å². The molecule has 0 atom stereocenters. The van der Waals surface area contributed by atoms with Crippen LogP contribution in [0.1, 0.15) is 82.1 Å². The average Bonchev–Trinajstić information content (AvgIpc) is 4.13. The number of ether oxygens (including phenoxy) is 4. The zero-order valence-electron chi connectivity index (χ0n) is 37.2. The van der Waals surface area contributed by atoms with E-state index in [9.17, 15) is 58.0 Å². The van der Waals surface area contributed by atoms with Gasteiger partial charge in [-0.2, -0.15) is 0 Å². The summed E-state index contributed by atoms with van der Waals surface area (Å²) in [6.07, 6.45) is 8.08. The molecular weight excluding hydrogens is 1250 g/mol. The number of nitrogens with zero attached hydrogens (tertiary/aromatic N) is 5. The fraction of sp³-hybridized carbons (Fsp3) is 0.312. The summed E-state index contributed by atoms with van der Waals surface area (Å²) >= 11 is 13.7. The van der Waals surface area contributed by atoms with Crippen LogP contribution in [0.5, 0.6) is 0 Å². The number of aromatic amines is 1. The molecule has 0 aliphatic rings. The maximum absolute atomic E-state index is 10.9. The minimum atomic E-state index is -3.85. The van der Waals surface area contributed by atoms with Crippen molar-refractivity contribution < 1.29 is 76.9 Å². The summed E-state index contributed by atoms with van der Waals surface area (Å²) in [5, 5.41) is 24.0. The fourth-order valence-electron chi connectivity index (χ4n) is 3.42. The summed E-state index contributed by atoms with van der Waals surface area (Å²) < 4.78 is 104. The van der Waals surface area contributed by atoms with Crippen LogP contribution in [0.4, 0.5) is 0 Å². The van der Waals surface area contributed by atoms with Crippen molar-refractivity contribution in [3.05, 3.63) is 74.3 Å². The number of hydrogen-bond acceptors (Lipinski definition) is 29. The van der Waals surface area contributed by atoms with Crippen LogP contribution in [0.3, 0.4) is 0 Å². The Labute approximate surface area is 447 Å². The molecule has 71 heavy (non-hydrogen) atoms. The van der Waals surface area contributed by atoms with Gasteiger partial charge in [0.1, 0.15) is 19.5 Å². The maximum atomic E-state index is 10.9. The Hall–Kier alpha value is -3.71. The van der Waals surface area contributed by atoms with Crippen LogP contribution < -0.4 is 15.4 Å². The van der Waals surface area contributed by atoms with Gasteiger partial charge >= 0.3 is 23.9 Å². The molecule has 26 nitrogen and oxygen atoms in total. The molecule has 0 saturated carbocycles. The second-order valence-corrected chi connectivity index (χ2v) is 28.9. The van der Waals surface area contributed by atoms with E-state index in [0.29, 0.717) is 45.2 Å². The average molecular weight is 1290 g/mol. The molecule has 0 aromatic carbocycles. The predicted octanol–water partition coefficient (Wildman–Crippen LogP) is 4.65. The molecule has 8 N–H and O–H groups in total. The first-order chi connectivity index (χ1) is 32.5. The molecule has 0 spiro atoms. The first kappa shape index (κ1) is 65.3. The third kappa shape index (κ3) is 23.4. The zero-order valence-corrected chi connectivity index (χ0v) is 48.6. The van der Waals surface area contributed by atoms with E-state index in [-0.39, 0.29) is 45.0 Å². The lowest BCUT2D eigenvalue weighted by molar-refractivity contribution is 0.0597. The Kier molecular flexibility index (Phi) is 26.4.